The Labute approximate surface area is 175 Å². The number of carbonyl (C=O) groups excluding carboxylic acids is 1. The molecule has 0 bridgehead atoms. The van der Waals surface area contributed by atoms with Crippen molar-refractivity contribution < 1.29 is 9.18 Å². The van der Waals surface area contributed by atoms with Crippen LogP contribution in [0, 0.1) is 11.7 Å². The molecule has 30 heavy (non-hydrogen) atoms. The van der Waals surface area contributed by atoms with Gasteiger partial charge in [-0.3, -0.25) is 9.69 Å². The van der Waals surface area contributed by atoms with E-state index in [1.165, 1.54) is 16.3 Å². The molecule has 0 unspecified atom stereocenters. The number of hydrogen-bond donors (Lipinski definition) is 1. The molecule has 1 saturated heterocycles. The SMILES string of the molecule is O=C(NC[C@H]1CCCN(Cc2ccccc2)C1)c1cn(Cc2ccccc2F)nn1. The van der Waals surface area contributed by atoms with Crippen molar-refractivity contribution in [3.8, 4) is 0 Å². The molecule has 4 rings (SSSR count). The second-order valence-electron chi connectivity index (χ2n) is 7.83. The minimum atomic E-state index is -0.295. The Bertz CT molecular complexity index is 974. The van der Waals surface area contributed by atoms with E-state index >= 15 is 0 Å². The maximum absolute atomic E-state index is 13.8. The maximum Gasteiger partial charge on any atom is 0.273 e. The molecular weight excluding hydrogens is 381 g/mol. The van der Waals surface area contributed by atoms with Crippen molar-refractivity contribution in [2.24, 2.45) is 5.92 Å². The molecule has 156 valence electrons. The molecule has 1 amide bonds. The van der Waals surface area contributed by atoms with Gasteiger partial charge in [0.2, 0.25) is 0 Å². The number of nitrogens with zero attached hydrogens (tertiary/aromatic N) is 4. The fourth-order valence-electron chi connectivity index (χ4n) is 3.91. The molecular formula is C23H26FN5O. The van der Waals surface area contributed by atoms with Crippen LogP contribution in [0.15, 0.2) is 60.8 Å². The summed E-state index contributed by atoms with van der Waals surface area (Å²) in [5.74, 6) is -0.119. The van der Waals surface area contributed by atoms with Crippen molar-refractivity contribution in [3.05, 3.63) is 83.4 Å². The molecule has 3 aromatic rings. The first-order valence-electron chi connectivity index (χ1n) is 10.4. The Morgan fingerprint density at radius 3 is 2.73 bits per heavy atom. The molecule has 0 saturated carbocycles. The molecule has 6 nitrogen and oxygen atoms in total. The Hall–Kier alpha value is -3.06. The molecule has 1 N–H and O–H groups in total. The number of benzene rings is 2. The van der Waals surface area contributed by atoms with Crippen LogP contribution in [0.4, 0.5) is 4.39 Å². The van der Waals surface area contributed by atoms with Crippen molar-refractivity contribution in [1.29, 1.82) is 0 Å². The van der Waals surface area contributed by atoms with E-state index in [0.717, 1.165) is 32.5 Å². The summed E-state index contributed by atoms with van der Waals surface area (Å²) in [5.41, 5.74) is 2.08. The van der Waals surface area contributed by atoms with E-state index in [-0.39, 0.29) is 24.0 Å². The van der Waals surface area contributed by atoms with Crippen LogP contribution in [0.5, 0.6) is 0 Å². The van der Waals surface area contributed by atoms with Gasteiger partial charge in [-0.2, -0.15) is 0 Å². The molecule has 1 fully saturated rings. The quantitative estimate of drug-likeness (QED) is 0.654. The van der Waals surface area contributed by atoms with Crippen molar-refractivity contribution in [2.45, 2.75) is 25.9 Å². The summed E-state index contributed by atoms with van der Waals surface area (Å²) >= 11 is 0. The minimum absolute atomic E-state index is 0.240. The van der Waals surface area contributed by atoms with Crippen LogP contribution in [0.1, 0.15) is 34.5 Å². The van der Waals surface area contributed by atoms with Crippen molar-refractivity contribution in [2.75, 3.05) is 19.6 Å². The second kappa shape index (κ2) is 9.63. The minimum Gasteiger partial charge on any atom is -0.350 e. The molecule has 0 spiro atoms. The van der Waals surface area contributed by atoms with E-state index < -0.39 is 0 Å². The van der Waals surface area contributed by atoms with E-state index in [2.05, 4.69) is 44.8 Å². The fourth-order valence-corrected chi connectivity index (χ4v) is 3.91. The summed E-state index contributed by atoms with van der Waals surface area (Å²) in [6.45, 7) is 3.85. The molecule has 0 radical (unpaired) electrons. The number of piperidine rings is 1. The Morgan fingerprint density at radius 1 is 1.10 bits per heavy atom. The number of nitrogens with one attached hydrogen (secondary N) is 1. The van der Waals surface area contributed by atoms with E-state index in [1.807, 2.05) is 6.07 Å². The monoisotopic (exact) mass is 407 g/mol. The van der Waals surface area contributed by atoms with Gasteiger partial charge in [-0.1, -0.05) is 53.7 Å². The summed E-state index contributed by atoms with van der Waals surface area (Å²) in [7, 11) is 0. The highest BCUT2D eigenvalue weighted by Gasteiger charge is 2.21. The first kappa shape index (κ1) is 20.2. The highest BCUT2D eigenvalue weighted by molar-refractivity contribution is 5.91. The number of hydrogen-bond acceptors (Lipinski definition) is 4. The van der Waals surface area contributed by atoms with Gasteiger partial charge in [0.05, 0.1) is 12.7 Å². The topological polar surface area (TPSA) is 63.1 Å². The molecule has 1 aliphatic rings. The summed E-state index contributed by atoms with van der Waals surface area (Å²) in [6, 6.07) is 17.0. The fraction of sp³-hybridized carbons (Fsp3) is 0.348. The average molecular weight is 407 g/mol. The summed E-state index contributed by atoms with van der Waals surface area (Å²) < 4.78 is 15.3. The number of rotatable bonds is 7. The molecule has 2 aromatic carbocycles. The Morgan fingerprint density at radius 2 is 1.90 bits per heavy atom. The van der Waals surface area contributed by atoms with Crippen molar-refractivity contribution in [3.63, 3.8) is 0 Å². The smallest absolute Gasteiger partial charge is 0.273 e. The van der Waals surface area contributed by atoms with Crippen LogP contribution in [0.25, 0.3) is 0 Å². The van der Waals surface area contributed by atoms with Gasteiger partial charge < -0.3 is 5.32 Å². The predicted octanol–water partition coefficient (Wildman–Crippen LogP) is 3.11. The molecule has 1 aromatic heterocycles. The molecule has 1 atom stereocenters. The zero-order valence-electron chi connectivity index (χ0n) is 16.9. The molecule has 0 aliphatic carbocycles. The third kappa shape index (κ3) is 5.30. The number of likely N-dealkylation sites (tertiary alicyclic amines) is 1. The highest BCUT2D eigenvalue weighted by Crippen LogP contribution is 2.18. The summed E-state index contributed by atoms with van der Waals surface area (Å²) in [5, 5.41) is 10.9. The number of halogens is 1. The third-order valence-corrected chi connectivity index (χ3v) is 5.46. The van der Waals surface area contributed by atoms with E-state index in [4.69, 9.17) is 0 Å². The Balaban J connectivity index is 1.27. The second-order valence-corrected chi connectivity index (χ2v) is 7.83. The van der Waals surface area contributed by atoms with Gasteiger partial charge in [0.1, 0.15) is 5.82 Å². The maximum atomic E-state index is 13.8. The largest absolute Gasteiger partial charge is 0.350 e. The van der Waals surface area contributed by atoms with E-state index in [9.17, 15) is 9.18 Å². The number of aromatic nitrogens is 3. The first-order valence-corrected chi connectivity index (χ1v) is 10.4. The third-order valence-electron chi connectivity index (χ3n) is 5.46. The van der Waals surface area contributed by atoms with Gasteiger partial charge in [0.25, 0.3) is 5.91 Å². The average Bonchev–Trinajstić information content (AvgIpc) is 3.23. The van der Waals surface area contributed by atoms with E-state index in [0.29, 0.717) is 18.0 Å². The molecule has 7 heteroatoms. The lowest BCUT2D eigenvalue weighted by Gasteiger charge is -2.32. The van der Waals surface area contributed by atoms with Gasteiger partial charge in [-0.15, -0.1) is 5.10 Å². The predicted molar refractivity (Wildman–Crippen MR) is 112 cm³/mol. The molecule has 2 heterocycles. The number of carbonyl (C=O) groups is 1. The van der Waals surface area contributed by atoms with Crippen LogP contribution in [-0.2, 0) is 13.1 Å². The lowest BCUT2D eigenvalue weighted by Crippen LogP contribution is -2.40. The van der Waals surface area contributed by atoms with Gasteiger partial charge in [-0.05, 0) is 36.9 Å². The van der Waals surface area contributed by atoms with Crippen LogP contribution < -0.4 is 5.32 Å². The summed E-state index contributed by atoms with van der Waals surface area (Å²) in [4.78, 5) is 14.9. The normalized spacial score (nSPS) is 17.0. The lowest BCUT2D eigenvalue weighted by molar-refractivity contribution is 0.0925. The summed E-state index contributed by atoms with van der Waals surface area (Å²) in [6.07, 6.45) is 3.79. The number of amides is 1. The zero-order valence-corrected chi connectivity index (χ0v) is 16.9. The van der Waals surface area contributed by atoms with Gasteiger partial charge in [-0.25, -0.2) is 9.07 Å². The van der Waals surface area contributed by atoms with Crippen molar-refractivity contribution in [1.82, 2.24) is 25.2 Å². The van der Waals surface area contributed by atoms with Crippen LogP contribution in [0.3, 0.4) is 0 Å². The van der Waals surface area contributed by atoms with Gasteiger partial charge in [0, 0.05) is 25.2 Å². The van der Waals surface area contributed by atoms with E-state index in [1.54, 1.807) is 24.4 Å². The first-order chi connectivity index (χ1) is 14.7. The van der Waals surface area contributed by atoms with Crippen LogP contribution in [-0.4, -0.2) is 45.4 Å². The van der Waals surface area contributed by atoms with Crippen molar-refractivity contribution >= 4 is 5.91 Å². The van der Waals surface area contributed by atoms with Gasteiger partial charge in [0.15, 0.2) is 5.69 Å². The zero-order chi connectivity index (χ0) is 20.8. The highest BCUT2D eigenvalue weighted by atomic mass is 19.1. The van der Waals surface area contributed by atoms with Gasteiger partial charge >= 0.3 is 0 Å². The van der Waals surface area contributed by atoms with Crippen LogP contribution >= 0.6 is 0 Å². The molecule has 1 aliphatic heterocycles. The van der Waals surface area contributed by atoms with Crippen LogP contribution in [0.2, 0.25) is 0 Å². The lowest BCUT2D eigenvalue weighted by atomic mass is 9.97. The Kier molecular flexibility index (Phi) is 6.49. The standard InChI is InChI=1S/C23H26FN5O/c24-21-11-5-4-10-20(21)16-29-17-22(26-27-29)23(30)25-13-19-9-6-12-28(15-19)14-18-7-2-1-3-8-18/h1-5,7-8,10-11,17,19H,6,9,12-16H2,(H,25,30)/t19-/m1/s1.